The Bertz CT molecular complexity index is 1430. The Labute approximate surface area is 234 Å². The molecule has 0 spiro atoms. The quantitative estimate of drug-likeness (QED) is 0.123. The molecular formula is C28H27N3O10. The van der Waals surface area contributed by atoms with Crippen LogP contribution in [-0.4, -0.2) is 38.9 Å². The van der Waals surface area contributed by atoms with E-state index in [1.165, 1.54) is 32.9 Å². The van der Waals surface area contributed by atoms with Crippen molar-refractivity contribution in [3.8, 4) is 11.5 Å². The monoisotopic (exact) mass is 565 g/mol. The number of carbonyl (C=O) groups excluding carboxylic acids is 3. The number of hydrogen-bond acceptors (Lipinski definition) is 11. The van der Waals surface area contributed by atoms with Crippen molar-refractivity contribution in [3.63, 3.8) is 0 Å². The topological polar surface area (TPSA) is 191 Å². The fraction of sp³-hybridized carbons (Fsp3) is 0.250. The first kappa shape index (κ1) is 30.4. The number of nitro groups is 2. The molecule has 0 aliphatic rings. The molecule has 0 amide bonds. The van der Waals surface area contributed by atoms with Crippen molar-refractivity contribution in [2.75, 3.05) is 0 Å². The van der Waals surface area contributed by atoms with E-state index in [4.69, 9.17) is 19.9 Å². The minimum Gasteiger partial charge on any atom is -0.458 e. The summed E-state index contributed by atoms with van der Waals surface area (Å²) in [6.07, 6.45) is -0.266. The van der Waals surface area contributed by atoms with Gasteiger partial charge in [-0.15, -0.1) is 0 Å². The normalized spacial score (nSPS) is 13.3. The van der Waals surface area contributed by atoms with E-state index in [-0.39, 0.29) is 29.3 Å². The Balaban J connectivity index is 2.06. The van der Waals surface area contributed by atoms with E-state index in [0.29, 0.717) is 5.56 Å². The number of rotatable bonds is 10. The van der Waals surface area contributed by atoms with Crippen LogP contribution in [0.2, 0.25) is 0 Å². The van der Waals surface area contributed by atoms with Crippen LogP contribution in [0.5, 0.6) is 11.5 Å². The van der Waals surface area contributed by atoms with E-state index in [2.05, 4.69) is 0 Å². The van der Waals surface area contributed by atoms with E-state index < -0.39 is 44.8 Å². The van der Waals surface area contributed by atoms with Gasteiger partial charge >= 0.3 is 17.9 Å². The molecule has 214 valence electrons. The van der Waals surface area contributed by atoms with Gasteiger partial charge in [0.1, 0.15) is 23.0 Å². The minimum atomic E-state index is -2.76. The lowest BCUT2D eigenvalue weighted by Gasteiger charge is -2.34. The SMILES string of the molecule is CC(C)(C)OC(=O)[C@@](N)(C(=O)Oc1ccc([N+](=O)[O-])cc1)C(Cc1ccccc1)C(=O)Oc1ccc([N+](=O)[O-])cc1. The molecule has 0 aromatic heterocycles. The first-order valence-electron chi connectivity index (χ1n) is 12.2. The molecule has 0 aliphatic heterocycles. The average molecular weight is 566 g/mol. The summed E-state index contributed by atoms with van der Waals surface area (Å²) in [4.78, 5) is 61.5. The van der Waals surface area contributed by atoms with Gasteiger partial charge in [0, 0.05) is 24.3 Å². The van der Waals surface area contributed by atoms with E-state index >= 15 is 0 Å². The van der Waals surface area contributed by atoms with Crippen LogP contribution in [-0.2, 0) is 25.5 Å². The van der Waals surface area contributed by atoms with Crippen molar-refractivity contribution in [2.45, 2.75) is 38.3 Å². The predicted molar refractivity (Wildman–Crippen MR) is 144 cm³/mol. The highest BCUT2D eigenvalue weighted by Gasteiger charge is 2.57. The van der Waals surface area contributed by atoms with Gasteiger partial charge in [0.05, 0.1) is 9.85 Å². The van der Waals surface area contributed by atoms with Crippen LogP contribution in [0.3, 0.4) is 0 Å². The summed E-state index contributed by atoms with van der Waals surface area (Å²) in [7, 11) is 0. The highest BCUT2D eigenvalue weighted by atomic mass is 16.6. The Morgan fingerprint density at radius 3 is 1.66 bits per heavy atom. The first-order valence-corrected chi connectivity index (χ1v) is 12.2. The van der Waals surface area contributed by atoms with Gasteiger partial charge in [-0.3, -0.25) is 25.0 Å². The third kappa shape index (κ3) is 7.70. The maximum Gasteiger partial charge on any atom is 0.344 e. The number of hydrogen-bond donors (Lipinski definition) is 1. The number of nitrogens with zero attached hydrogens (tertiary/aromatic N) is 2. The first-order chi connectivity index (χ1) is 19.2. The molecule has 13 nitrogen and oxygen atoms in total. The fourth-order valence-electron chi connectivity index (χ4n) is 3.66. The lowest BCUT2D eigenvalue weighted by Crippen LogP contribution is -2.66. The summed E-state index contributed by atoms with van der Waals surface area (Å²) in [5, 5.41) is 22.0. The zero-order chi connectivity index (χ0) is 30.4. The minimum absolute atomic E-state index is 0.103. The third-order valence-electron chi connectivity index (χ3n) is 5.72. The molecule has 2 N–H and O–H groups in total. The van der Waals surface area contributed by atoms with Crippen LogP contribution in [0.25, 0.3) is 0 Å². The standard InChI is InChI=1S/C28H27N3O10/c1-27(2,3)41-26(34)28(29,25(33)40-22-15-11-20(12-16-22)31(37)38)23(17-18-7-5-4-6-8-18)24(32)39-21-13-9-19(10-14-21)30(35)36/h4-16,23H,17,29H2,1-3H3/t23?,28-/m0/s1. The zero-order valence-electron chi connectivity index (χ0n) is 22.3. The second kappa shape index (κ2) is 12.3. The number of ether oxygens (including phenoxy) is 3. The van der Waals surface area contributed by atoms with E-state index in [1.807, 2.05) is 0 Å². The van der Waals surface area contributed by atoms with Crippen molar-refractivity contribution >= 4 is 29.3 Å². The Morgan fingerprint density at radius 1 is 0.756 bits per heavy atom. The number of nitrogens with two attached hydrogens (primary N) is 1. The molecule has 0 aliphatic carbocycles. The van der Waals surface area contributed by atoms with Crippen LogP contribution >= 0.6 is 0 Å². The molecule has 3 aromatic rings. The van der Waals surface area contributed by atoms with Gasteiger partial charge in [-0.25, -0.2) is 9.59 Å². The molecule has 41 heavy (non-hydrogen) atoms. The third-order valence-corrected chi connectivity index (χ3v) is 5.72. The van der Waals surface area contributed by atoms with E-state index in [1.54, 1.807) is 30.3 Å². The largest absolute Gasteiger partial charge is 0.458 e. The highest BCUT2D eigenvalue weighted by molar-refractivity contribution is 6.09. The number of nitro benzene ring substituents is 2. The summed E-state index contributed by atoms with van der Waals surface area (Å²) >= 11 is 0. The molecule has 0 heterocycles. The van der Waals surface area contributed by atoms with Crippen LogP contribution < -0.4 is 15.2 Å². The molecule has 0 fully saturated rings. The lowest BCUT2D eigenvalue weighted by molar-refractivity contribution is -0.385. The smallest absolute Gasteiger partial charge is 0.344 e. The van der Waals surface area contributed by atoms with Gasteiger partial charge in [0.25, 0.3) is 11.4 Å². The van der Waals surface area contributed by atoms with E-state index in [0.717, 1.165) is 36.4 Å². The molecule has 13 heteroatoms. The van der Waals surface area contributed by atoms with Crippen molar-refractivity contribution < 1.29 is 38.4 Å². The summed E-state index contributed by atoms with van der Waals surface area (Å²) in [5.74, 6) is -5.76. The predicted octanol–water partition coefficient (Wildman–Crippen LogP) is 3.91. The van der Waals surface area contributed by atoms with E-state index in [9.17, 15) is 34.6 Å². The van der Waals surface area contributed by atoms with Crippen molar-refractivity contribution in [1.29, 1.82) is 0 Å². The van der Waals surface area contributed by atoms with Crippen LogP contribution in [0.1, 0.15) is 26.3 Å². The van der Waals surface area contributed by atoms with Crippen molar-refractivity contribution in [2.24, 2.45) is 11.7 Å². The highest BCUT2D eigenvalue weighted by Crippen LogP contribution is 2.30. The number of non-ortho nitro benzene ring substituents is 2. The van der Waals surface area contributed by atoms with Crippen LogP contribution in [0.15, 0.2) is 78.9 Å². The maximum absolute atomic E-state index is 13.6. The summed E-state index contributed by atoms with van der Waals surface area (Å²) in [6.45, 7) is 4.61. The maximum atomic E-state index is 13.6. The molecule has 0 bridgehead atoms. The molecule has 0 saturated heterocycles. The molecule has 0 saturated carbocycles. The van der Waals surface area contributed by atoms with Gasteiger partial charge < -0.3 is 19.9 Å². The lowest BCUT2D eigenvalue weighted by atomic mass is 9.80. The molecule has 0 radical (unpaired) electrons. The molecule has 3 rings (SSSR count). The Kier molecular flexibility index (Phi) is 9.14. The van der Waals surface area contributed by atoms with Gasteiger partial charge in [-0.05, 0) is 57.0 Å². The second-order valence-corrected chi connectivity index (χ2v) is 9.93. The van der Waals surface area contributed by atoms with Gasteiger partial charge in [-0.2, -0.15) is 0 Å². The molecular weight excluding hydrogens is 538 g/mol. The van der Waals surface area contributed by atoms with Crippen molar-refractivity contribution in [1.82, 2.24) is 0 Å². The second-order valence-electron chi connectivity index (χ2n) is 9.93. The van der Waals surface area contributed by atoms with Crippen LogP contribution in [0, 0.1) is 26.1 Å². The fourth-order valence-corrected chi connectivity index (χ4v) is 3.66. The summed E-state index contributed by atoms with van der Waals surface area (Å²) < 4.78 is 16.2. The number of carbonyl (C=O) groups is 3. The van der Waals surface area contributed by atoms with Crippen LogP contribution in [0.4, 0.5) is 11.4 Å². The summed E-state index contributed by atoms with van der Waals surface area (Å²) in [6, 6.07) is 17.4. The molecule has 3 aromatic carbocycles. The zero-order valence-corrected chi connectivity index (χ0v) is 22.3. The molecule has 1 unspecified atom stereocenters. The summed E-state index contributed by atoms with van der Waals surface area (Å²) in [5.41, 5.74) is 2.58. The molecule has 2 atom stereocenters. The van der Waals surface area contributed by atoms with Gasteiger partial charge in [0.2, 0.25) is 5.54 Å². The average Bonchev–Trinajstić information content (AvgIpc) is 2.91. The van der Waals surface area contributed by atoms with Crippen molar-refractivity contribution in [3.05, 3.63) is 105 Å². The van der Waals surface area contributed by atoms with Gasteiger partial charge in [0.15, 0.2) is 0 Å². The number of benzene rings is 3. The van der Waals surface area contributed by atoms with Gasteiger partial charge in [-0.1, -0.05) is 30.3 Å². The number of esters is 3. The Hall–Kier alpha value is -5.17. The Morgan fingerprint density at radius 2 is 1.22 bits per heavy atom.